The zero-order chi connectivity index (χ0) is 26.5. The monoisotopic (exact) mass is 546 g/mol. The molecule has 1 spiro atoms. The van der Waals surface area contributed by atoms with Gasteiger partial charge in [0.05, 0.1) is 4.90 Å². The van der Waals surface area contributed by atoms with E-state index in [-0.39, 0.29) is 12.1 Å². The second-order valence-corrected chi connectivity index (χ2v) is 10.7. The predicted octanol–water partition coefficient (Wildman–Crippen LogP) is 6.68. The molecule has 1 unspecified atom stereocenters. The van der Waals surface area contributed by atoms with Crippen LogP contribution in [0.3, 0.4) is 0 Å². The van der Waals surface area contributed by atoms with Crippen molar-refractivity contribution in [1.29, 1.82) is 0 Å². The lowest BCUT2D eigenvalue weighted by molar-refractivity contribution is -0.391. The first-order valence-electron chi connectivity index (χ1n) is 9.18. The molecule has 0 amide bonds. The highest BCUT2D eigenvalue weighted by Gasteiger charge is 2.95. The van der Waals surface area contributed by atoms with Gasteiger partial charge in [-0.25, -0.2) is 4.21 Å². The molecule has 0 aliphatic carbocycles. The van der Waals surface area contributed by atoms with Crippen molar-refractivity contribution in [2.75, 3.05) is 0 Å². The molecule has 2 aliphatic heterocycles. The highest BCUT2D eigenvalue weighted by molar-refractivity contribution is 8.13. The van der Waals surface area contributed by atoms with Gasteiger partial charge in [0.25, 0.3) is 5.60 Å². The van der Waals surface area contributed by atoms with Crippen LogP contribution in [0, 0.1) is 0 Å². The molecule has 2 aliphatic rings. The minimum absolute atomic E-state index is 0.108. The van der Waals surface area contributed by atoms with E-state index in [1.54, 1.807) is 0 Å². The summed E-state index contributed by atoms with van der Waals surface area (Å²) >= 11 is 0. The van der Waals surface area contributed by atoms with Crippen LogP contribution in [-0.2, 0) is 23.6 Å². The third-order valence-corrected chi connectivity index (χ3v) is 9.46. The van der Waals surface area contributed by atoms with Gasteiger partial charge in [-0.2, -0.15) is 52.7 Å². The Kier molecular flexibility index (Phi) is 4.93. The summed E-state index contributed by atoms with van der Waals surface area (Å²) in [4.78, 5) is -1.71. The molecule has 2 aromatic carbocycles. The van der Waals surface area contributed by atoms with Crippen LogP contribution in [0.25, 0.3) is 0 Å². The number of halogens is 12. The molecule has 0 radical (unpaired) electrons. The zero-order valence-corrected chi connectivity index (χ0v) is 17.3. The summed E-state index contributed by atoms with van der Waals surface area (Å²) in [5.41, 5.74) is -14.2. The predicted molar refractivity (Wildman–Crippen MR) is 92.8 cm³/mol. The normalized spacial score (nSPS) is 25.8. The molecule has 0 saturated carbocycles. The molecule has 35 heavy (non-hydrogen) atoms. The van der Waals surface area contributed by atoms with Crippen molar-refractivity contribution in [2.24, 2.45) is 0 Å². The van der Waals surface area contributed by atoms with Crippen molar-refractivity contribution >= 4 is 9.63 Å². The van der Waals surface area contributed by atoms with Gasteiger partial charge in [0.15, 0.2) is 0 Å². The van der Waals surface area contributed by atoms with E-state index in [0.29, 0.717) is 24.3 Å². The summed E-state index contributed by atoms with van der Waals surface area (Å²) < 4.78 is 190. The summed E-state index contributed by atoms with van der Waals surface area (Å²) in [6.45, 7) is 0. The fourth-order valence-corrected chi connectivity index (χ4v) is 8.93. The lowest BCUT2D eigenvalue weighted by Gasteiger charge is -2.64. The fourth-order valence-electron chi connectivity index (χ4n) is 4.44. The van der Waals surface area contributed by atoms with Gasteiger partial charge in [0.2, 0.25) is 0 Å². The van der Waals surface area contributed by atoms with Crippen molar-refractivity contribution in [3.63, 3.8) is 0 Å². The Hall–Kier alpha value is -2.33. The molecular formula is C19H10F12O3S. The van der Waals surface area contributed by atoms with E-state index >= 15 is 0 Å². The summed E-state index contributed by atoms with van der Waals surface area (Å²) in [7, 11) is -7.18. The van der Waals surface area contributed by atoms with E-state index in [2.05, 4.69) is 8.37 Å². The molecule has 2 heterocycles. The summed E-state index contributed by atoms with van der Waals surface area (Å²) in [5, 5.41) is -3.70. The number of benzene rings is 2. The van der Waals surface area contributed by atoms with Gasteiger partial charge in [-0.15, -0.1) is 0 Å². The van der Waals surface area contributed by atoms with Crippen molar-refractivity contribution in [3.8, 4) is 0 Å². The first-order chi connectivity index (χ1) is 15.7. The molecule has 0 N–H and O–H groups in total. The molecule has 2 aromatic rings. The number of fused-ring (bicyclic) bond motifs is 2. The highest BCUT2D eigenvalue weighted by Crippen LogP contribution is 2.80. The first kappa shape index (κ1) is 25.8. The third-order valence-electron chi connectivity index (χ3n) is 5.75. The molecule has 1 saturated heterocycles. The summed E-state index contributed by atoms with van der Waals surface area (Å²) in [6, 6.07) is 5.51. The molecule has 0 bridgehead atoms. The Bertz CT molecular complexity index is 1200. The molecule has 16 heteroatoms. The van der Waals surface area contributed by atoms with Crippen LogP contribution in [-0.4, -0.2) is 34.5 Å². The van der Waals surface area contributed by atoms with E-state index in [1.807, 2.05) is 0 Å². The molecular weight excluding hydrogens is 536 g/mol. The standard InChI is InChI=1S/C19H10F12O3S/c20-16(21,22)14(17(23,24)25)11-8-4-5-9-12(11)35(32,33-14)13(10-6-2-1-3-7-10)15(34-35,18(26,27)28)19(29,30)31/h1-9,13H. The number of alkyl halides is 12. The van der Waals surface area contributed by atoms with Crippen LogP contribution >= 0.6 is 0 Å². The summed E-state index contributed by atoms with van der Waals surface area (Å²) in [5.74, 6) is 0. The van der Waals surface area contributed by atoms with Crippen molar-refractivity contribution in [2.45, 2.75) is 46.1 Å². The summed E-state index contributed by atoms with van der Waals surface area (Å²) in [6.07, 6.45) is -26.0. The van der Waals surface area contributed by atoms with E-state index in [0.717, 1.165) is 18.2 Å². The SMILES string of the molecule is O=S12(OC(C(F)(F)F)(C(F)(F)F)c3ccccc31)OC(C(F)(F)F)(C(F)(F)F)C2c1ccccc1. The quantitative estimate of drug-likeness (QED) is 0.375. The molecule has 4 rings (SSSR count). The van der Waals surface area contributed by atoms with Gasteiger partial charge in [-0.05, 0) is 11.6 Å². The number of rotatable bonds is 1. The average Bonchev–Trinajstić information content (AvgIpc) is 2.95. The first-order valence-corrected chi connectivity index (χ1v) is 11.1. The molecule has 0 aromatic heterocycles. The van der Waals surface area contributed by atoms with Crippen molar-refractivity contribution in [1.82, 2.24) is 0 Å². The van der Waals surface area contributed by atoms with Crippen LogP contribution in [0.5, 0.6) is 0 Å². The van der Waals surface area contributed by atoms with Crippen LogP contribution in [0.4, 0.5) is 52.7 Å². The fraction of sp³-hybridized carbons (Fsp3) is 0.368. The number of hydrogen-bond donors (Lipinski definition) is 0. The van der Waals surface area contributed by atoms with E-state index in [1.165, 1.54) is 0 Å². The Morgan fingerprint density at radius 2 is 1.09 bits per heavy atom. The maximum atomic E-state index is 14.2. The zero-order valence-electron chi connectivity index (χ0n) is 16.4. The minimum Gasteiger partial charge on any atom is -0.260 e. The lowest BCUT2D eigenvalue weighted by Crippen LogP contribution is -2.79. The maximum absolute atomic E-state index is 14.2. The van der Waals surface area contributed by atoms with Crippen LogP contribution < -0.4 is 0 Å². The Labute approximate surface area is 187 Å². The van der Waals surface area contributed by atoms with Crippen LogP contribution in [0.1, 0.15) is 16.4 Å². The largest absolute Gasteiger partial charge is 0.432 e. The molecule has 194 valence electrons. The van der Waals surface area contributed by atoms with Gasteiger partial charge < -0.3 is 0 Å². The van der Waals surface area contributed by atoms with Gasteiger partial charge in [0.1, 0.15) is 14.9 Å². The molecule has 1 atom stereocenters. The van der Waals surface area contributed by atoms with Crippen molar-refractivity contribution < 1.29 is 65.3 Å². The lowest BCUT2D eigenvalue weighted by atomic mass is 9.91. The van der Waals surface area contributed by atoms with Crippen molar-refractivity contribution in [3.05, 3.63) is 65.7 Å². The Balaban J connectivity index is 2.17. The van der Waals surface area contributed by atoms with E-state index < -0.39 is 66.8 Å². The molecule has 3 nitrogen and oxygen atoms in total. The molecule has 1 fully saturated rings. The minimum atomic E-state index is -7.18. The topological polar surface area (TPSA) is 35.5 Å². The van der Waals surface area contributed by atoms with Gasteiger partial charge in [-0.3, -0.25) is 8.37 Å². The smallest absolute Gasteiger partial charge is 0.260 e. The Morgan fingerprint density at radius 1 is 0.629 bits per heavy atom. The van der Waals surface area contributed by atoms with Gasteiger partial charge in [-0.1, -0.05) is 48.5 Å². The third kappa shape index (κ3) is 2.86. The van der Waals surface area contributed by atoms with Crippen LogP contribution in [0.2, 0.25) is 0 Å². The second-order valence-electron chi connectivity index (χ2n) is 7.72. The van der Waals surface area contributed by atoms with E-state index in [4.69, 9.17) is 0 Å². The van der Waals surface area contributed by atoms with Gasteiger partial charge >= 0.3 is 30.3 Å². The van der Waals surface area contributed by atoms with Crippen LogP contribution in [0.15, 0.2) is 59.5 Å². The van der Waals surface area contributed by atoms with E-state index in [9.17, 15) is 56.9 Å². The maximum Gasteiger partial charge on any atom is 0.432 e. The average molecular weight is 546 g/mol. The Morgan fingerprint density at radius 3 is 1.54 bits per heavy atom. The van der Waals surface area contributed by atoms with Gasteiger partial charge in [0, 0.05) is 5.56 Å². The second kappa shape index (κ2) is 6.70. The highest BCUT2D eigenvalue weighted by atomic mass is 32.3. The number of hydrogen-bond acceptors (Lipinski definition) is 3.